The molecule has 0 spiro atoms. The van der Waals surface area contributed by atoms with Gasteiger partial charge in [0.1, 0.15) is 17.9 Å². The van der Waals surface area contributed by atoms with Crippen molar-refractivity contribution < 1.29 is 13.2 Å². The molecule has 2 N–H and O–H groups in total. The minimum Gasteiger partial charge on any atom is -0.382 e. The molecule has 0 unspecified atom stereocenters. The van der Waals surface area contributed by atoms with Gasteiger partial charge in [-0.2, -0.15) is 0 Å². The molecule has 1 fully saturated rings. The number of pyridine rings is 1. The lowest BCUT2D eigenvalue weighted by atomic mass is 9.94. The summed E-state index contributed by atoms with van der Waals surface area (Å²) in [5, 5.41) is 0. The van der Waals surface area contributed by atoms with Gasteiger partial charge in [0.15, 0.2) is 5.82 Å². The number of fused-ring (bicyclic) bond motifs is 1. The van der Waals surface area contributed by atoms with Gasteiger partial charge >= 0.3 is 0 Å². The number of imidazole rings is 1. The Labute approximate surface area is 173 Å². The second kappa shape index (κ2) is 8.97. The van der Waals surface area contributed by atoms with Gasteiger partial charge in [0.05, 0.1) is 11.3 Å². The molecule has 1 aliphatic heterocycles. The van der Waals surface area contributed by atoms with E-state index in [0.717, 1.165) is 53.9 Å². The first-order valence-corrected chi connectivity index (χ1v) is 12.1. The van der Waals surface area contributed by atoms with Crippen LogP contribution in [0.3, 0.4) is 0 Å². The highest BCUT2D eigenvalue weighted by Gasteiger charge is 2.27. The number of hydrogen-bond donors (Lipinski definition) is 1. The smallest absolute Gasteiger partial charge is 0.213 e. The van der Waals surface area contributed by atoms with Crippen LogP contribution in [0.15, 0.2) is 0 Å². The van der Waals surface area contributed by atoms with Crippen molar-refractivity contribution in [3.05, 3.63) is 17.1 Å². The van der Waals surface area contributed by atoms with Crippen molar-refractivity contribution in [3.8, 4) is 0 Å². The maximum atomic E-state index is 12.1. The van der Waals surface area contributed by atoms with Gasteiger partial charge in [-0.15, -0.1) is 0 Å². The molecule has 1 saturated heterocycles. The molecule has 3 rings (SSSR count). The summed E-state index contributed by atoms with van der Waals surface area (Å²) in [5.41, 5.74) is 9.94. The van der Waals surface area contributed by atoms with Gasteiger partial charge in [-0.25, -0.2) is 22.7 Å². The molecule has 0 aliphatic carbocycles. The van der Waals surface area contributed by atoms with Crippen molar-refractivity contribution in [1.82, 2.24) is 18.8 Å². The van der Waals surface area contributed by atoms with Crippen molar-refractivity contribution in [2.24, 2.45) is 5.92 Å². The third-order valence-electron chi connectivity index (χ3n) is 6.00. The highest BCUT2D eigenvalue weighted by atomic mass is 32.2. The molecule has 0 radical (unpaired) electrons. The first-order chi connectivity index (χ1) is 13.8. The third kappa shape index (κ3) is 4.57. The fourth-order valence-electron chi connectivity index (χ4n) is 4.06. The zero-order valence-corrected chi connectivity index (χ0v) is 18.8. The summed E-state index contributed by atoms with van der Waals surface area (Å²) in [6.45, 7) is 10.8. The van der Waals surface area contributed by atoms with Crippen LogP contribution in [0.25, 0.3) is 11.0 Å². The monoisotopic (exact) mass is 423 g/mol. The maximum Gasteiger partial charge on any atom is 0.213 e. The molecule has 0 bridgehead atoms. The van der Waals surface area contributed by atoms with Crippen LogP contribution in [0, 0.1) is 19.8 Å². The van der Waals surface area contributed by atoms with Gasteiger partial charge in [-0.05, 0) is 58.4 Å². The van der Waals surface area contributed by atoms with Crippen LogP contribution < -0.4 is 5.73 Å². The molecule has 2 aromatic rings. The van der Waals surface area contributed by atoms with Crippen LogP contribution in [0.5, 0.6) is 0 Å². The molecule has 9 heteroatoms. The van der Waals surface area contributed by atoms with Crippen molar-refractivity contribution in [2.75, 3.05) is 31.2 Å². The van der Waals surface area contributed by atoms with Gasteiger partial charge < -0.3 is 15.0 Å². The number of hydrogen-bond acceptors (Lipinski definition) is 6. The van der Waals surface area contributed by atoms with Crippen LogP contribution in [0.4, 0.5) is 5.82 Å². The normalized spacial score (nSPS) is 16.7. The predicted molar refractivity (Wildman–Crippen MR) is 115 cm³/mol. The molecular formula is C20H33N5O3S. The van der Waals surface area contributed by atoms with Crippen molar-refractivity contribution in [1.29, 1.82) is 0 Å². The van der Waals surface area contributed by atoms with Crippen LogP contribution >= 0.6 is 0 Å². The average molecular weight is 424 g/mol. The highest BCUT2D eigenvalue weighted by Crippen LogP contribution is 2.29. The Bertz CT molecular complexity index is 962. The number of aromatic nitrogens is 3. The minimum atomic E-state index is -3.08. The number of anilines is 1. The van der Waals surface area contributed by atoms with Crippen LogP contribution in [0.2, 0.25) is 0 Å². The fourth-order valence-corrected chi connectivity index (χ4v) is 5.19. The van der Waals surface area contributed by atoms with E-state index in [1.54, 1.807) is 11.2 Å². The number of sulfonamides is 1. The number of rotatable bonds is 8. The van der Waals surface area contributed by atoms with E-state index in [1.807, 2.05) is 13.8 Å². The molecule has 0 aromatic carbocycles. The van der Waals surface area contributed by atoms with E-state index in [4.69, 9.17) is 15.5 Å². The Morgan fingerprint density at radius 2 is 1.86 bits per heavy atom. The molecule has 0 atom stereocenters. The third-order valence-corrected chi connectivity index (χ3v) is 7.88. The van der Waals surface area contributed by atoms with Crippen molar-refractivity contribution in [2.45, 2.75) is 60.1 Å². The van der Waals surface area contributed by atoms with Gasteiger partial charge in [0.25, 0.3) is 0 Å². The zero-order valence-electron chi connectivity index (χ0n) is 17.9. The van der Waals surface area contributed by atoms with Crippen molar-refractivity contribution >= 4 is 26.9 Å². The van der Waals surface area contributed by atoms with Gasteiger partial charge in [0.2, 0.25) is 10.0 Å². The molecule has 8 nitrogen and oxygen atoms in total. The summed E-state index contributed by atoms with van der Waals surface area (Å²) in [6, 6.07) is 0. The van der Waals surface area contributed by atoms with Gasteiger partial charge in [-0.3, -0.25) is 0 Å². The lowest BCUT2D eigenvalue weighted by Gasteiger charge is -2.31. The number of nitrogens with zero attached hydrogens (tertiary/aromatic N) is 4. The van der Waals surface area contributed by atoms with E-state index in [-0.39, 0.29) is 5.75 Å². The second-order valence-corrected chi connectivity index (χ2v) is 10.0. The first kappa shape index (κ1) is 22.0. The van der Waals surface area contributed by atoms with Crippen LogP contribution in [0.1, 0.15) is 50.2 Å². The number of ether oxygens (including phenoxy) is 1. The van der Waals surface area contributed by atoms with Crippen LogP contribution in [-0.4, -0.2) is 52.7 Å². The lowest BCUT2D eigenvalue weighted by Crippen LogP contribution is -2.39. The van der Waals surface area contributed by atoms with E-state index in [1.165, 1.54) is 0 Å². The Kier molecular flexibility index (Phi) is 6.80. The largest absolute Gasteiger partial charge is 0.382 e. The molecular weight excluding hydrogens is 390 g/mol. The molecule has 2 aromatic heterocycles. The zero-order chi connectivity index (χ0) is 21.2. The molecule has 162 valence electrons. The summed E-state index contributed by atoms with van der Waals surface area (Å²) in [4.78, 5) is 9.16. The Morgan fingerprint density at radius 1 is 1.17 bits per heavy atom. The molecule has 0 saturated carbocycles. The number of nitrogen functional groups attached to an aromatic ring is 1. The van der Waals surface area contributed by atoms with E-state index in [2.05, 4.69) is 16.5 Å². The summed E-state index contributed by atoms with van der Waals surface area (Å²) < 4.78 is 33.7. The SMILES string of the molecule is CCOCc1nc2c(N)nc(C)c(C)c2n1CCC1CCN(S(=O)(=O)CC)CC1. The van der Waals surface area contributed by atoms with Gasteiger partial charge in [-0.1, -0.05) is 0 Å². The number of aryl methyl sites for hydroxylation is 3. The number of piperidine rings is 1. The van der Waals surface area contributed by atoms with E-state index in [9.17, 15) is 8.42 Å². The Balaban J connectivity index is 1.79. The average Bonchev–Trinajstić information content (AvgIpc) is 3.08. The van der Waals surface area contributed by atoms with E-state index >= 15 is 0 Å². The fraction of sp³-hybridized carbons (Fsp3) is 0.700. The molecule has 0 amide bonds. The quantitative estimate of drug-likeness (QED) is 0.700. The minimum absolute atomic E-state index is 0.174. The molecule has 3 heterocycles. The number of nitrogens with two attached hydrogens (primary N) is 1. The summed E-state index contributed by atoms with van der Waals surface area (Å²) in [6.07, 6.45) is 2.77. The summed E-state index contributed by atoms with van der Waals surface area (Å²) in [5.74, 6) is 2.00. The maximum absolute atomic E-state index is 12.1. The van der Waals surface area contributed by atoms with E-state index < -0.39 is 10.0 Å². The highest BCUT2D eigenvalue weighted by molar-refractivity contribution is 7.89. The second-order valence-electron chi connectivity index (χ2n) is 7.75. The summed E-state index contributed by atoms with van der Waals surface area (Å²) in [7, 11) is -3.08. The van der Waals surface area contributed by atoms with E-state index in [0.29, 0.717) is 38.0 Å². The van der Waals surface area contributed by atoms with Gasteiger partial charge in [0, 0.05) is 31.9 Å². The van der Waals surface area contributed by atoms with Crippen molar-refractivity contribution in [3.63, 3.8) is 0 Å². The first-order valence-electron chi connectivity index (χ1n) is 10.5. The molecule has 1 aliphatic rings. The Hall–Kier alpha value is -1.71. The molecule has 29 heavy (non-hydrogen) atoms. The Morgan fingerprint density at radius 3 is 2.48 bits per heavy atom. The van der Waals surface area contributed by atoms with Crippen LogP contribution in [-0.2, 0) is 27.9 Å². The predicted octanol–water partition coefficient (Wildman–Crippen LogP) is 2.62. The topological polar surface area (TPSA) is 103 Å². The summed E-state index contributed by atoms with van der Waals surface area (Å²) >= 11 is 0. The lowest BCUT2D eigenvalue weighted by molar-refractivity contribution is 0.125. The standard InChI is InChI=1S/C20H33N5O3S/c1-5-28-13-17-23-18-19(14(3)15(4)22-20(18)21)25(17)12-9-16-7-10-24(11-8-16)29(26,27)6-2/h16H,5-13H2,1-4H3,(H2,21,22).